The van der Waals surface area contributed by atoms with Gasteiger partial charge >= 0.3 is 6.61 Å². The molecule has 2 aromatic rings. The van der Waals surface area contributed by atoms with Crippen LogP contribution in [0.4, 0.5) is 8.78 Å². The van der Waals surface area contributed by atoms with Crippen LogP contribution in [0.2, 0.25) is 0 Å². The highest BCUT2D eigenvalue weighted by Crippen LogP contribution is 2.15. The van der Waals surface area contributed by atoms with Crippen LogP contribution in [0, 0.1) is 6.92 Å². The van der Waals surface area contributed by atoms with Gasteiger partial charge in [0.25, 0.3) is 0 Å². The Bertz CT molecular complexity index is 660. The second-order valence-electron chi connectivity index (χ2n) is 5.21. The summed E-state index contributed by atoms with van der Waals surface area (Å²) in [6, 6.07) is 13.7. The highest BCUT2D eigenvalue weighted by molar-refractivity contribution is 5.78. The minimum Gasteiger partial charge on any atom is -0.492 e. The lowest BCUT2D eigenvalue weighted by Crippen LogP contribution is -2.29. The summed E-state index contributed by atoms with van der Waals surface area (Å²) >= 11 is 0. The SMILES string of the molecule is Cc1cccc(OCCNC(=O)Cc2ccc(OC(F)F)cc2)c1. The summed E-state index contributed by atoms with van der Waals surface area (Å²) in [5, 5.41) is 2.75. The van der Waals surface area contributed by atoms with E-state index in [0.717, 1.165) is 11.3 Å². The van der Waals surface area contributed by atoms with Crippen LogP contribution < -0.4 is 14.8 Å². The van der Waals surface area contributed by atoms with Gasteiger partial charge in [-0.1, -0.05) is 24.3 Å². The summed E-state index contributed by atoms with van der Waals surface area (Å²) in [7, 11) is 0. The molecule has 0 radical (unpaired) electrons. The molecule has 1 amide bonds. The first-order valence-corrected chi connectivity index (χ1v) is 7.53. The molecule has 0 aromatic heterocycles. The Balaban J connectivity index is 1.69. The van der Waals surface area contributed by atoms with E-state index >= 15 is 0 Å². The number of benzene rings is 2. The van der Waals surface area contributed by atoms with E-state index in [0.29, 0.717) is 18.7 Å². The van der Waals surface area contributed by atoms with Crippen LogP contribution in [0.1, 0.15) is 11.1 Å². The normalized spacial score (nSPS) is 10.5. The van der Waals surface area contributed by atoms with E-state index in [1.165, 1.54) is 12.1 Å². The largest absolute Gasteiger partial charge is 0.492 e. The predicted octanol–water partition coefficient (Wildman–Crippen LogP) is 3.33. The molecule has 0 heterocycles. The standard InChI is InChI=1S/C18H19F2NO3/c1-13-3-2-4-16(11-13)23-10-9-21-17(22)12-14-5-7-15(8-6-14)24-18(19)20/h2-8,11,18H,9-10,12H2,1H3,(H,21,22). The summed E-state index contributed by atoms with van der Waals surface area (Å²) in [5.74, 6) is 0.671. The van der Waals surface area contributed by atoms with Crippen molar-refractivity contribution in [3.63, 3.8) is 0 Å². The van der Waals surface area contributed by atoms with Gasteiger partial charge in [-0.3, -0.25) is 4.79 Å². The zero-order valence-corrected chi connectivity index (χ0v) is 13.3. The molecule has 0 aliphatic rings. The van der Waals surface area contributed by atoms with Crippen LogP contribution in [0.25, 0.3) is 0 Å². The number of amides is 1. The Kier molecular flexibility index (Phi) is 6.54. The van der Waals surface area contributed by atoms with E-state index in [-0.39, 0.29) is 18.1 Å². The fourth-order valence-electron chi connectivity index (χ4n) is 2.10. The Morgan fingerprint density at radius 2 is 1.88 bits per heavy atom. The maximum absolute atomic E-state index is 12.1. The fourth-order valence-corrected chi connectivity index (χ4v) is 2.10. The molecule has 1 N–H and O–H groups in total. The number of alkyl halides is 2. The van der Waals surface area contributed by atoms with Gasteiger partial charge in [0, 0.05) is 0 Å². The number of aryl methyl sites for hydroxylation is 1. The minimum absolute atomic E-state index is 0.0701. The molecule has 0 atom stereocenters. The van der Waals surface area contributed by atoms with Crippen LogP contribution in [0.5, 0.6) is 11.5 Å². The average Bonchev–Trinajstić information content (AvgIpc) is 2.53. The molecule has 0 bridgehead atoms. The third kappa shape index (κ3) is 6.24. The minimum atomic E-state index is -2.85. The van der Waals surface area contributed by atoms with E-state index in [1.807, 2.05) is 31.2 Å². The molecule has 4 nitrogen and oxygen atoms in total. The van der Waals surface area contributed by atoms with Crippen molar-refractivity contribution in [2.75, 3.05) is 13.2 Å². The van der Waals surface area contributed by atoms with E-state index in [2.05, 4.69) is 10.1 Å². The molecule has 0 aliphatic carbocycles. The first-order chi connectivity index (χ1) is 11.5. The van der Waals surface area contributed by atoms with Crippen molar-refractivity contribution < 1.29 is 23.0 Å². The molecule has 0 unspecified atom stereocenters. The van der Waals surface area contributed by atoms with Crippen molar-refractivity contribution in [1.29, 1.82) is 0 Å². The van der Waals surface area contributed by atoms with Crippen molar-refractivity contribution in [2.24, 2.45) is 0 Å². The maximum atomic E-state index is 12.1. The second kappa shape index (κ2) is 8.86. The zero-order chi connectivity index (χ0) is 17.4. The number of halogens is 2. The predicted molar refractivity (Wildman–Crippen MR) is 86.5 cm³/mol. The molecule has 0 spiro atoms. The van der Waals surface area contributed by atoms with Crippen molar-refractivity contribution in [3.8, 4) is 11.5 Å². The Morgan fingerprint density at radius 3 is 2.54 bits per heavy atom. The summed E-state index contributed by atoms with van der Waals surface area (Å²) in [6.45, 7) is -0.116. The monoisotopic (exact) mass is 335 g/mol. The van der Waals surface area contributed by atoms with E-state index in [9.17, 15) is 13.6 Å². The van der Waals surface area contributed by atoms with Gasteiger partial charge in [0.05, 0.1) is 13.0 Å². The molecule has 2 rings (SSSR count). The number of carbonyl (C=O) groups excluding carboxylic acids is 1. The summed E-state index contributed by atoms with van der Waals surface area (Å²) in [4.78, 5) is 11.8. The summed E-state index contributed by atoms with van der Waals surface area (Å²) in [5.41, 5.74) is 1.82. The number of ether oxygens (including phenoxy) is 2. The lowest BCUT2D eigenvalue weighted by molar-refractivity contribution is -0.120. The molecule has 128 valence electrons. The molecule has 0 fully saturated rings. The third-order valence-corrected chi connectivity index (χ3v) is 3.20. The van der Waals surface area contributed by atoms with E-state index in [1.54, 1.807) is 12.1 Å². The number of carbonyl (C=O) groups is 1. The van der Waals surface area contributed by atoms with Gasteiger partial charge in [-0.05, 0) is 42.3 Å². The number of rotatable bonds is 8. The maximum Gasteiger partial charge on any atom is 0.387 e. The number of hydrogen-bond donors (Lipinski definition) is 1. The smallest absolute Gasteiger partial charge is 0.387 e. The Morgan fingerprint density at radius 1 is 1.12 bits per heavy atom. The first kappa shape index (κ1) is 17.7. The van der Waals surface area contributed by atoms with Crippen molar-refractivity contribution in [3.05, 3.63) is 59.7 Å². The van der Waals surface area contributed by atoms with Gasteiger partial charge in [-0.2, -0.15) is 8.78 Å². The van der Waals surface area contributed by atoms with Gasteiger partial charge in [0.1, 0.15) is 18.1 Å². The van der Waals surface area contributed by atoms with Crippen molar-refractivity contribution in [1.82, 2.24) is 5.32 Å². The first-order valence-electron chi connectivity index (χ1n) is 7.53. The second-order valence-corrected chi connectivity index (χ2v) is 5.21. The van der Waals surface area contributed by atoms with Crippen LogP contribution in [-0.2, 0) is 11.2 Å². The van der Waals surface area contributed by atoms with Crippen LogP contribution >= 0.6 is 0 Å². The van der Waals surface area contributed by atoms with Crippen LogP contribution in [0.15, 0.2) is 48.5 Å². The third-order valence-electron chi connectivity index (χ3n) is 3.20. The van der Waals surface area contributed by atoms with Gasteiger partial charge in [-0.25, -0.2) is 0 Å². The van der Waals surface area contributed by atoms with Crippen molar-refractivity contribution in [2.45, 2.75) is 20.0 Å². The van der Waals surface area contributed by atoms with E-state index in [4.69, 9.17) is 4.74 Å². The van der Waals surface area contributed by atoms with Crippen LogP contribution in [-0.4, -0.2) is 25.7 Å². The molecule has 0 saturated carbocycles. The van der Waals surface area contributed by atoms with Gasteiger partial charge in [-0.15, -0.1) is 0 Å². The number of hydrogen-bond acceptors (Lipinski definition) is 3. The molecule has 24 heavy (non-hydrogen) atoms. The summed E-state index contributed by atoms with van der Waals surface area (Å²) < 4.78 is 33.9. The molecule has 0 aliphatic heterocycles. The molecule has 0 saturated heterocycles. The van der Waals surface area contributed by atoms with Crippen LogP contribution in [0.3, 0.4) is 0 Å². The van der Waals surface area contributed by atoms with Gasteiger partial charge in [0.15, 0.2) is 0 Å². The fraction of sp³-hybridized carbons (Fsp3) is 0.278. The highest BCUT2D eigenvalue weighted by atomic mass is 19.3. The molecular weight excluding hydrogens is 316 g/mol. The Hall–Kier alpha value is -2.63. The van der Waals surface area contributed by atoms with Gasteiger partial charge < -0.3 is 14.8 Å². The molecule has 6 heteroatoms. The quantitative estimate of drug-likeness (QED) is 0.753. The lowest BCUT2D eigenvalue weighted by atomic mass is 10.1. The Labute approximate surface area is 139 Å². The van der Waals surface area contributed by atoms with Gasteiger partial charge in [0.2, 0.25) is 5.91 Å². The van der Waals surface area contributed by atoms with Crippen molar-refractivity contribution >= 4 is 5.91 Å². The summed E-state index contributed by atoms with van der Waals surface area (Å²) in [6.07, 6.45) is 0.166. The lowest BCUT2D eigenvalue weighted by Gasteiger charge is -2.09. The van der Waals surface area contributed by atoms with E-state index < -0.39 is 6.61 Å². The average molecular weight is 335 g/mol. The zero-order valence-electron chi connectivity index (χ0n) is 13.3. The molecular formula is C18H19F2NO3. The topological polar surface area (TPSA) is 47.6 Å². The highest BCUT2D eigenvalue weighted by Gasteiger charge is 2.06. The number of nitrogens with one attached hydrogen (secondary N) is 1. The molecule has 2 aromatic carbocycles.